The number of rotatable bonds is 9. The van der Waals surface area contributed by atoms with E-state index < -0.39 is 12.0 Å². The Morgan fingerprint density at radius 3 is 2.05 bits per heavy atom. The van der Waals surface area contributed by atoms with Gasteiger partial charge in [-0.15, -0.1) is 0 Å². The summed E-state index contributed by atoms with van der Waals surface area (Å²) in [5.41, 5.74) is 3.96. The van der Waals surface area contributed by atoms with Gasteiger partial charge in [0.1, 0.15) is 17.5 Å². The van der Waals surface area contributed by atoms with E-state index in [0.717, 1.165) is 48.0 Å². The minimum atomic E-state index is -1.15. The standard InChI is InChI=1S/C29H28N6O4/c36-25(14-18-3-1-4-20(11-18)26-30-7-8-31-26)15-19-12-22(28(37)38)17-24(13-19)35-29(39)34-23-6-2-5-21(16-23)27-32-9-10-33-27/h1-6,11-13,16-17H,7-10,14-15H2,(H,30,31)(H,32,33)(H,37,38)(H2,34,35,39). The van der Waals surface area contributed by atoms with Crippen molar-refractivity contribution >= 4 is 40.8 Å². The highest BCUT2D eigenvalue weighted by atomic mass is 16.4. The summed E-state index contributed by atoms with van der Waals surface area (Å²) in [4.78, 5) is 46.2. The summed E-state index contributed by atoms with van der Waals surface area (Å²) in [6.45, 7) is 3.01. The van der Waals surface area contributed by atoms with Gasteiger partial charge in [0.05, 0.1) is 18.7 Å². The first kappa shape index (κ1) is 25.7. The number of urea groups is 1. The Labute approximate surface area is 225 Å². The number of benzene rings is 3. The number of carboxylic acid groups (broad SMARTS) is 1. The van der Waals surface area contributed by atoms with Crippen LogP contribution in [-0.2, 0) is 17.6 Å². The zero-order chi connectivity index (χ0) is 27.2. The Morgan fingerprint density at radius 1 is 0.744 bits per heavy atom. The molecule has 0 spiro atoms. The van der Waals surface area contributed by atoms with Gasteiger partial charge < -0.3 is 26.4 Å². The van der Waals surface area contributed by atoms with Crippen LogP contribution in [0.2, 0.25) is 0 Å². The van der Waals surface area contributed by atoms with Gasteiger partial charge in [-0.3, -0.25) is 14.8 Å². The van der Waals surface area contributed by atoms with Crippen molar-refractivity contribution in [2.24, 2.45) is 9.98 Å². The van der Waals surface area contributed by atoms with E-state index in [1.165, 1.54) is 12.1 Å². The second-order valence-electron chi connectivity index (χ2n) is 9.29. The van der Waals surface area contributed by atoms with E-state index >= 15 is 0 Å². The Bertz CT molecular complexity index is 1390. The number of ketones is 1. The van der Waals surface area contributed by atoms with Crippen LogP contribution in [0, 0.1) is 0 Å². The lowest BCUT2D eigenvalue weighted by Crippen LogP contribution is -2.21. The third kappa shape index (κ3) is 6.67. The molecular formula is C29H28N6O4. The number of Topliss-reactive ketones (excluding diaryl/α,β-unsaturated/α-hetero) is 1. The monoisotopic (exact) mass is 524 g/mol. The first-order valence-corrected chi connectivity index (χ1v) is 12.7. The molecule has 10 nitrogen and oxygen atoms in total. The Balaban J connectivity index is 1.25. The molecule has 0 bridgehead atoms. The summed E-state index contributed by atoms with van der Waals surface area (Å²) in [6.07, 6.45) is 0.218. The van der Waals surface area contributed by atoms with E-state index in [4.69, 9.17) is 0 Å². The van der Waals surface area contributed by atoms with Gasteiger partial charge in [-0.25, -0.2) is 9.59 Å². The van der Waals surface area contributed by atoms with Crippen molar-refractivity contribution in [3.8, 4) is 0 Å². The normalized spacial score (nSPS) is 14.1. The van der Waals surface area contributed by atoms with E-state index in [9.17, 15) is 19.5 Å². The lowest BCUT2D eigenvalue weighted by atomic mass is 9.99. The number of amides is 2. The molecule has 0 saturated heterocycles. The highest BCUT2D eigenvalue weighted by molar-refractivity contribution is 6.04. The molecule has 0 unspecified atom stereocenters. The summed E-state index contributed by atoms with van der Waals surface area (Å²) >= 11 is 0. The molecule has 0 saturated carbocycles. The van der Waals surface area contributed by atoms with Crippen molar-refractivity contribution in [3.63, 3.8) is 0 Å². The highest BCUT2D eigenvalue weighted by Crippen LogP contribution is 2.19. The minimum Gasteiger partial charge on any atom is -0.478 e. The molecular weight excluding hydrogens is 496 g/mol. The first-order valence-electron chi connectivity index (χ1n) is 12.7. The maximum Gasteiger partial charge on any atom is 0.335 e. The molecule has 2 heterocycles. The molecule has 10 heteroatoms. The van der Waals surface area contributed by atoms with Gasteiger partial charge >= 0.3 is 12.0 Å². The fourth-order valence-electron chi connectivity index (χ4n) is 4.56. The minimum absolute atomic E-state index is 0.0183. The molecule has 2 aliphatic heterocycles. The van der Waals surface area contributed by atoms with Crippen molar-refractivity contribution in [1.82, 2.24) is 10.6 Å². The maximum absolute atomic E-state index is 12.9. The second-order valence-corrected chi connectivity index (χ2v) is 9.29. The summed E-state index contributed by atoms with van der Waals surface area (Å²) < 4.78 is 0. The molecule has 198 valence electrons. The molecule has 3 aromatic rings. The number of anilines is 2. The topological polar surface area (TPSA) is 144 Å². The van der Waals surface area contributed by atoms with Crippen LogP contribution < -0.4 is 21.3 Å². The van der Waals surface area contributed by atoms with Gasteiger partial charge in [0.15, 0.2) is 0 Å². The summed E-state index contributed by atoms with van der Waals surface area (Å²) in [5, 5.41) is 21.5. The predicted molar refractivity (Wildman–Crippen MR) is 150 cm³/mol. The van der Waals surface area contributed by atoms with Gasteiger partial charge in [-0.1, -0.05) is 30.3 Å². The Hall–Kier alpha value is -4.99. The molecule has 5 N–H and O–H groups in total. The molecule has 0 aliphatic carbocycles. The number of nitrogens with one attached hydrogen (secondary N) is 4. The van der Waals surface area contributed by atoms with Gasteiger partial charge in [-0.05, 0) is 47.5 Å². The number of carbonyl (C=O) groups is 3. The zero-order valence-electron chi connectivity index (χ0n) is 21.2. The SMILES string of the molecule is O=C(Cc1cc(NC(=O)Nc2cccc(C3=NCCN3)c2)cc(C(=O)O)c1)Cc1cccc(C2=NCCN2)c1. The third-order valence-corrected chi connectivity index (χ3v) is 6.24. The van der Waals surface area contributed by atoms with Gasteiger partial charge in [0, 0.05) is 48.4 Å². The Kier molecular flexibility index (Phi) is 7.63. The molecule has 3 aromatic carbocycles. The van der Waals surface area contributed by atoms with Crippen LogP contribution in [0.3, 0.4) is 0 Å². The summed E-state index contributed by atoms with van der Waals surface area (Å²) in [7, 11) is 0. The number of amidine groups is 2. The van der Waals surface area contributed by atoms with Crippen molar-refractivity contribution in [2.75, 3.05) is 36.8 Å². The lowest BCUT2D eigenvalue weighted by Gasteiger charge is -2.12. The number of aromatic carboxylic acids is 1. The van der Waals surface area contributed by atoms with Gasteiger partial charge in [0.25, 0.3) is 0 Å². The average molecular weight is 525 g/mol. The number of carbonyl (C=O) groups excluding carboxylic acids is 2. The largest absolute Gasteiger partial charge is 0.478 e. The van der Waals surface area contributed by atoms with E-state index in [1.807, 2.05) is 36.4 Å². The molecule has 0 radical (unpaired) electrons. The van der Waals surface area contributed by atoms with Crippen LogP contribution >= 0.6 is 0 Å². The molecule has 0 atom stereocenters. The van der Waals surface area contributed by atoms with E-state index in [-0.39, 0.29) is 29.9 Å². The summed E-state index contributed by atoms with van der Waals surface area (Å²) in [6, 6.07) is 18.8. The lowest BCUT2D eigenvalue weighted by molar-refractivity contribution is -0.117. The van der Waals surface area contributed by atoms with Crippen LogP contribution in [0.25, 0.3) is 0 Å². The molecule has 5 rings (SSSR count). The fraction of sp³-hybridized carbons (Fsp3) is 0.207. The van der Waals surface area contributed by atoms with E-state index in [1.54, 1.807) is 18.2 Å². The van der Waals surface area contributed by atoms with Gasteiger partial charge in [-0.2, -0.15) is 0 Å². The smallest absolute Gasteiger partial charge is 0.335 e. The third-order valence-electron chi connectivity index (χ3n) is 6.24. The van der Waals surface area contributed by atoms with Crippen LogP contribution in [-0.4, -0.2) is 60.7 Å². The molecule has 2 aliphatic rings. The number of aliphatic imine (C=N–C) groups is 2. The fourth-order valence-corrected chi connectivity index (χ4v) is 4.56. The van der Waals surface area contributed by atoms with Crippen LogP contribution in [0.4, 0.5) is 16.2 Å². The van der Waals surface area contributed by atoms with Crippen molar-refractivity contribution in [2.45, 2.75) is 12.8 Å². The Morgan fingerprint density at radius 2 is 1.38 bits per heavy atom. The average Bonchev–Trinajstić information content (AvgIpc) is 3.64. The van der Waals surface area contributed by atoms with E-state index in [0.29, 0.717) is 17.8 Å². The zero-order valence-corrected chi connectivity index (χ0v) is 21.2. The van der Waals surface area contributed by atoms with Gasteiger partial charge in [0.2, 0.25) is 0 Å². The number of hydrogen-bond acceptors (Lipinski definition) is 7. The van der Waals surface area contributed by atoms with Crippen LogP contribution in [0.15, 0.2) is 76.7 Å². The quantitative estimate of drug-likeness (QED) is 0.291. The predicted octanol–water partition coefficient (Wildman–Crippen LogP) is 3.08. The highest BCUT2D eigenvalue weighted by Gasteiger charge is 2.15. The molecule has 2 amide bonds. The molecule has 39 heavy (non-hydrogen) atoms. The number of hydrogen-bond donors (Lipinski definition) is 5. The van der Waals surface area contributed by atoms with Crippen LogP contribution in [0.5, 0.6) is 0 Å². The number of carboxylic acids is 1. The van der Waals surface area contributed by atoms with Crippen molar-refractivity contribution in [3.05, 3.63) is 94.5 Å². The van der Waals surface area contributed by atoms with Crippen molar-refractivity contribution in [1.29, 1.82) is 0 Å². The molecule has 0 fully saturated rings. The van der Waals surface area contributed by atoms with E-state index in [2.05, 4.69) is 31.3 Å². The van der Waals surface area contributed by atoms with Crippen molar-refractivity contribution < 1.29 is 19.5 Å². The maximum atomic E-state index is 12.9. The number of nitrogens with zero attached hydrogens (tertiary/aromatic N) is 2. The first-order chi connectivity index (χ1) is 18.9. The summed E-state index contributed by atoms with van der Waals surface area (Å²) in [5.74, 6) is 0.371. The second kappa shape index (κ2) is 11.6. The molecule has 0 aromatic heterocycles. The van der Waals surface area contributed by atoms with Crippen LogP contribution in [0.1, 0.15) is 32.6 Å².